The Morgan fingerprint density at radius 1 is 1.09 bits per heavy atom. The SMILES string of the molecule is O=C(/C=C/c1cn(Cc2ccccc2Cl)nc1-c1ccccc1)NCCN1CCOCC1. The number of nitrogens with one attached hydrogen (secondary N) is 1. The molecule has 3 aromatic rings. The monoisotopic (exact) mass is 450 g/mol. The molecule has 1 aliphatic rings. The summed E-state index contributed by atoms with van der Waals surface area (Å²) in [5.41, 5.74) is 3.70. The zero-order valence-electron chi connectivity index (χ0n) is 17.9. The van der Waals surface area contributed by atoms with Crippen LogP contribution in [0.25, 0.3) is 17.3 Å². The number of morpholine rings is 1. The van der Waals surface area contributed by atoms with Crippen LogP contribution in [-0.4, -0.2) is 60.0 Å². The molecular weight excluding hydrogens is 424 g/mol. The molecule has 2 aromatic carbocycles. The summed E-state index contributed by atoms with van der Waals surface area (Å²) in [6, 6.07) is 17.7. The molecule has 0 radical (unpaired) electrons. The van der Waals surface area contributed by atoms with Crippen LogP contribution < -0.4 is 5.32 Å². The fraction of sp³-hybridized carbons (Fsp3) is 0.280. The van der Waals surface area contributed by atoms with Gasteiger partial charge in [-0.25, -0.2) is 0 Å². The molecule has 1 N–H and O–H groups in total. The highest BCUT2D eigenvalue weighted by Gasteiger charge is 2.12. The van der Waals surface area contributed by atoms with Gasteiger partial charge in [-0.15, -0.1) is 0 Å². The first-order valence-electron chi connectivity index (χ1n) is 10.8. The second-order valence-electron chi connectivity index (χ2n) is 7.67. The first kappa shape index (κ1) is 22.3. The summed E-state index contributed by atoms with van der Waals surface area (Å²) in [6.07, 6.45) is 5.34. The summed E-state index contributed by atoms with van der Waals surface area (Å²) in [7, 11) is 0. The lowest BCUT2D eigenvalue weighted by molar-refractivity contribution is -0.116. The van der Waals surface area contributed by atoms with Crippen LogP contribution in [0.3, 0.4) is 0 Å². The molecule has 4 rings (SSSR count). The molecule has 166 valence electrons. The van der Waals surface area contributed by atoms with E-state index in [0.717, 1.165) is 55.2 Å². The second kappa shape index (κ2) is 11.1. The molecule has 6 nitrogen and oxygen atoms in total. The van der Waals surface area contributed by atoms with Crippen LogP contribution in [0.5, 0.6) is 0 Å². The van der Waals surface area contributed by atoms with Gasteiger partial charge in [-0.05, 0) is 17.7 Å². The third-order valence-electron chi connectivity index (χ3n) is 5.37. The van der Waals surface area contributed by atoms with E-state index in [-0.39, 0.29) is 5.91 Å². The Kier molecular flexibility index (Phi) is 7.72. The van der Waals surface area contributed by atoms with E-state index in [9.17, 15) is 4.79 Å². The van der Waals surface area contributed by atoms with Gasteiger partial charge < -0.3 is 10.1 Å². The molecular formula is C25H27ClN4O2. The lowest BCUT2D eigenvalue weighted by atomic mass is 10.1. The van der Waals surface area contributed by atoms with Crippen LogP contribution in [0.2, 0.25) is 5.02 Å². The summed E-state index contributed by atoms with van der Waals surface area (Å²) in [5.74, 6) is -0.115. The Bertz CT molecular complexity index is 1060. The molecule has 0 spiro atoms. The Hall–Kier alpha value is -2.93. The van der Waals surface area contributed by atoms with Gasteiger partial charge in [0.2, 0.25) is 5.91 Å². The van der Waals surface area contributed by atoms with Gasteiger partial charge in [-0.2, -0.15) is 5.10 Å². The Balaban J connectivity index is 1.45. The quantitative estimate of drug-likeness (QED) is 0.531. The van der Waals surface area contributed by atoms with E-state index in [1.165, 1.54) is 0 Å². The molecule has 1 amide bonds. The number of carbonyl (C=O) groups is 1. The number of rotatable bonds is 8. The van der Waals surface area contributed by atoms with Gasteiger partial charge >= 0.3 is 0 Å². The van der Waals surface area contributed by atoms with Gasteiger partial charge in [-0.1, -0.05) is 60.1 Å². The summed E-state index contributed by atoms with van der Waals surface area (Å²) < 4.78 is 7.21. The first-order chi connectivity index (χ1) is 15.7. The van der Waals surface area contributed by atoms with Crippen LogP contribution in [0.15, 0.2) is 66.9 Å². The van der Waals surface area contributed by atoms with Crippen molar-refractivity contribution in [2.45, 2.75) is 6.54 Å². The van der Waals surface area contributed by atoms with Gasteiger partial charge in [0.25, 0.3) is 0 Å². The minimum Gasteiger partial charge on any atom is -0.379 e. The van der Waals surface area contributed by atoms with E-state index < -0.39 is 0 Å². The van der Waals surface area contributed by atoms with Crippen molar-refractivity contribution in [1.29, 1.82) is 0 Å². The van der Waals surface area contributed by atoms with Crippen molar-refractivity contribution in [2.75, 3.05) is 39.4 Å². The number of ether oxygens (including phenoxy) is 1. The zero-order chi connectivity index (χ0) is 22.2. The smallest absolute Gasteiger partial charge is 0.244 e. The predicted octanol–water partition coefficient (Wildman–Crippen LogP) is 3.71. The van der Waals surface area contributed by atoms with Crippen molar-refractivity contribution in [2.24, 2.45) is 0 Å². The standard InChI is InChI=1S/C25H27ClN4O2/c26-23-9-5-4-8-21(23)18-30-19-22(25(28-30)20-6-2-1-3-7-20)10-11-24(31)27-12-13-29-14-16-32-17-15-29/h1-11,19H,12-18H2,(H,27,31)/b11-10+. The van der Waals surface area contributed by atoms with Crippen LogP contribution >= 0.6 is 11.6 Å². The second-order valence-corrected chi connectivity index (χ2v) is 8.07. The highest BCUT2D eigenvalue weighted by Crippen LogP contribution is 2.24. The van der Waals surface area contributed by atoms with E-state index in [2.05, 4.69) is 10.2 Å². The lowest BCUT2D eigenvalue weighted by Gasteiger charge is -2.26. The predicted molar refractivity (Wildman–Crippen MR) is 128 cm³/mol. The molecule has 0 aliphatic carbocycles. The molecule has 1 saturated heterocycles. The number of aromatic nitrogens is 2. The van der Waals surface area contributed by atoms with E-state index >= 15 is 0 Å². The molecule has 1 aliphatic heterocycles. The molecule has 0 saturated carbocycles. The first-order valence-corrected chi connectivity index (χ1v) is 11.2. The largest absolute Gasteiger partial charge is 0.379 e. The molecule has 0 atom stereocenters. The third kappa shape index (κ3) is 6.07. The zero-order valence-corrected chi connectivity index (χ0v) is 18.7. The lowest BCUT2D eigenvalue weighted by Crippen LogP contribution is -2.41. The number of hydrogen-bond acceptors (Lipinski definition) is 4. The molecule has 32 heavy (non-hydrogen) atoms. The summed E-state index contributed by atoms with van der Waals surface area (Å²) in [6.45, 7) is 5.34. The fourth-order valence-corrected chi connectivity index (χ4v) is 3.84. The summed E-state index contributed by atoms with van der Waals surface area (Å²) in [4.78, 5) is 14.7. The van der Waals surface area contributed by atoms with E-state index in [1.54, 1.807) is 6.08 Å². The molecule has 1 aromatic heterocycles. The molecule has 2 heterocycles. The maximum absolute atomic E-state index is 12.4. The van der Waals surface area contributed by atoms with Crippen LogP contribution in [0, 0.1) is 0 Å². The number of nitrogens with zero attached hydrogens (tertiary/aromatic N) is 3. The van der Waals surface area contributed by atoms with Gasteiger partial charge in [0, 0.05) is 54.6 Å². The van der Waals surface area contributed by atoms with Crippen molar-refractivity contribution in [3.8, 4) is 11.3 Å². The maximum Gasteiger partial charge on any atom is 0.244 e. The number of benzene rings is 2. The molecule has 0 bridgehead atoms. The normalized spacial score (nSPS) is 14.7. The molecule has 7 heteroatoms. The van der Waals surface area contributed by atoms with Gasteiger partial charge in [0.1, 0.15) is 0 Å². The highest BCUT2D eigenvalue weighted by molar-refractivity contribution is 6.31. The van der Waals surface area contributed by atoms with Crippen molar-refractivity contribution in [3.63, 3.8) is 0 Å². The van der Waals surface area contributed by atoms with Gasteiger partial charge in [0.15, 0.2) is 0 Å². The van der Waals surface area contributed by atoms with Crippen LogP contribution in [0.4, 0.5) is 0 Å². The van der Waals surface area contributed by atoms with Crippen molar-refractivity contribution < 1.29 is 9.53 Å². The van der Waals surface area contributed by atoms with Crippen molar-refractivity contribution in [3.05, 3.63) is 83.0 Å². The summed E-state index contributed by atoms with van der Waals surface area (Å²) in [5, 5.41) is 8.44. The number of carbonyl (C=O) groups excluding carboxylic acids is 1. The Morgan fingerprint density at radius 3 is 2.62 bits per heavy atom. The van der Waals surface area contributed by atoms with E-state index in [1.807, 2.05) is 71.6 Å². The average Bonchev–Trinajstić information content (AvgIpc) is 3.23. The van der Waals surface area contributed by atoms with Crippen LogP contribution in [0.1, 0.15) is 11.1 Å². The fourth-order valence-electron chi connectivity index (χ4n) is 3.65. The third-order valence-corrected chi connectivity index (χ3v) is 5.74. The van der Waals surface area contributed by atoms with Gasteiger partial charge in [-0.3, -0.25) is 14.4 Å². The van der Waals surface area contributed by atoms with Gasteiger partial charge in [0.05, 0.1) is 25.5 Å². The Morgan fingerprint density at radius 2 is 1.84 bits per heavy atom. The van der Waals surface area contributed by atoms with Crippen molar-refractivity contribution >= 4 is 23.6 Å². The van der Waals surface area contributed by atoms with E-state index in [0.29, 0.717) is 18.1 Å². The number of halogens is 1. The Labute approximate surface area is 193 Å². The topological polar surface area (TPSA) is 59.4 Å². The highest BCUT2D eigenvalue weighted by atomic mass is 35.5. The van der Waals surface area contributed by atoms with E-state index in [4.69, 9.17) is 21.4 Å². The summed E-state index contributed by atoms with van der Waals surface area (Å²) >= 11 is 6.33. The number of amides is 1. The molecule has 1 fully saturated rings. The average molecular weight is 451 g/mol. The minimum atomic E-state index is -0.115. The van der Waals surface area contributed by atoms with Crippen molar-refractivity contribution in [1.82, 2.24) is 20.0 Å². The molecule has 0 unspecified atom stereocenters. The number of hydrogen-bond donors (Lipinski definition) is 1. The minimum absolute atomic E-state index is 0.115. The van der Waals surface area contributed by atoms with Crippen LogP contribution in [-0.2, 0) is 16.1 Å². The maximum atomic E-state index is 12.4.